The van der Waals surface area contributed by atoms with E-state index in [2.05, 4.69) is 97.1 Å². The SMILES string of the molecule is COc1ccc(-c2cccc3c2C=C(C2CCCCC2)[CH]3[Hf]2([CH]3C(C4CCCCC4)=Cc4c(-c5ccc(OC)cc5)cccc43)[CH]3CCCC[CH]32)cc1.Cl.Cl. The number of benzene rings is 4. The second kappa shape index (κ2) is 16.3. The molecule has 0 spiro atoms. The molecule has 0 radical (unpaired) electrons. The maximum Gasteiger partial charge on any atom is -0.147 e. The maximum atomic E-state index is 5.60. The molecular formula is C50H58Cl2HfO2. The van der Waals surface area contributed by atoms with Gasteiger partial charge in [-0.25, -0.2) is 0 Å². The second-order valence-corrected chi connectivity index (χ2v) is 34.1. The van der Waals surface area contributed by atoms with E-state index in [-0.39, 0.29) is 24.8 Å². The van der Waals surface area contributed by atoms with Gasteiger partial charge >= 0.3 is 324 Å². The molecule has 55 heavy (non-hydrogen) atoms. The second-order valence-electron chi connectivity index (χ2n) is 17.4. The van der Waals surface area contributed by atoms with Gasteiger partial charge in [-0.2, -0.15) is 0 Å². The minimum Gasteiger partial charge on any atom is -0.147 e. The van der Waals surface area contributed by atoms with Gasteiger partial charge in [-0.1, -0.05) is 0 Å². The Labute approximate surface area is 346 Å². The molecule has 4 fully saturated rings. The Morgan fingerprint density at radius 2 is 0.836 bits per heavy atom. The van der Waals surface area contributed by atoms with Crippen LogP contribution in [0.1, 0.15) is 119 Å². The number of ether oxygens (including phenoxy) is 2. The van der Waals surface area contributed by atoms with Gasteiger partial charge < -0.3 is 0 Å². The summed E-state index contributed by atoms with van der Waals surface area (Å²) in [4.78, 5) is 0. The van der Waals surface area contributed by atoms with Gasteiger partial charge in [-0.15, -0.1) is 24.8 Å². The quantitative estimate of drug-likeness (QED) is 0.164. The third-order valence-corrected chi connectivity index (χ3v) is 39.7. The van der Waals surface area contributed by atoms with Gasteiger partial charge in [-0.3, -0.25) is 0 Å². The van der Waals surface area contributed by atoms with Crippen LogP contribution in [-0.4, -0.2) is 14.2 Å². The third kappa shape index (κ3) is 6.55. The summed E-state index contributed by atoms with van der Waals surface area (Å²) in [6.45, 7) is 0. The topological polar surface area (TPSA) is 18.5 Å². The van der Waals surface area contributed by atoms with Gasteiger partial charge in [-0.05, 0) is 0 Å². The van der Waals surface area contributed by atoms with E-state index in [1.807, 2.05) is 11.1 Å². The van der Waals surface area contributed by atoms with Crippen molar-refractivity contribution in [2.24, 2.45) is 11.8 Å². The first-order valence-corrected chi connectivity index (χ1v) is 29.5. The molecule has 10 rings (SSSR count). The normalized spacial score (nSPS) is 27.0. The van der Waals surface area contributed by atoms with Crippen molar-refractivity contribution in [3.05, 3.63) is 118 Å². The van der Waals surface area contributed by atoms with Crippen molar-refractivity contribution in [3.63, 3.8) is 0 Å². The molecule has 0 N–H and O–H groups in total. The fourth-order valence-electron chi connectivity index (χ4n) is 12.8. The molecule has 6 aliphatic rings. The Hall–Kier alpha value is -2.59. The van der Waals surface area contributed by atoms with E-state index in [1.54, 1.807) is 36.5 Å². The molecule has 3 saturated carbocycles. The number of hydrogen-bond donors (Lipinski definition) is 0. The van der Waals surface area contributed by atoms with Crippen molar-refractivity contribution in [2.45, 2.75) is 105 Å². The van der Waals surface area contributed by atoms with Crippen LogP contribution in [0.15, 0.2) is 96.1 Å². The number of methoxy groups -OCH3 is 2. The van der Waals surface area contributed by atoms with Crippen LogP contribution in [0.25, 0.3) is 34.4 Å². The summed E-state index contributed by atoms with van der Waals surface area (Å²) in [7, 11) is 3.55. The van der Waals surface area contributed by atoms with E-state index in [9.17, 15) is 0 Å². The molecule has 2 nitrogen and oxygen atoms in total. The fraction of sp³-hybridized carbons (Fsp3) is 0.440. The zero-order chi connectivity index (χ0) is 35.5. The number of hydrogen-bond acceptors (Lipinski definition) is 2. The van der Waals surface area contributed by atoms with E-state index in [0.717, 1.165) is 30.7 Å². The van der Waals surface area contributed by atoms with Crippen LogP contribution in [0.5, 0.6) is 11.5 Å². The molecule has 4 atom stereocenters. The summed E-state index contributed by atoms with van der Waals surface area (Å²) in [5, 5.41) is 0. The summed E-state index contributed by atoms with van der Waals surface area (Å²) in [5.41, 5.74) is 15.9. The first kappa shape index (κ1) is 39.2. The van der Waals surface area contributed by atoms with Crippen molar-refractivity contribution in [3.8, 4) is 33.8 Å². The van der Waals surface area contributed by atoms with E-state index < -0.39 is 20.0 Å². The molecule has 0 aromatic heterocycles. The molecule has 1 heterocycles. The van der Waals surface area contributed by atoms with E-state index in [0.29, 0.717) is 7.35 Å². The standard InChI is InChI=1S/2C22H23O.C6H10.2ClH.Hf/c2*1-23-20-12-10-17(11-13-20)21-9-5-8-18-14-19(15-22(18)21)16-6-3-2-4-7-16;1-2-4-6-5-3-1;;;/h2*5,8-16H,2-4,6-7H2,1H3;1-2H,3-6H2;2*1H;. The first-order chi connectivity index (χ1) is 26.2. The predicted octanol–water partition coefficient (Wildman–Crippen LogP) is 14.9. The molecular weight excluding hydrogens is 882 g/mol. The summed E-state index contributed by atoms with van der Waals surface area (Å²) in [6.07, 6.45) is 25.5. The summed E-state index contributed by atoms with van der Waals surface area (Å²) in [5.74, 6) is 3.37. The number of halogens is 2. The molecule has 4 unspecified atom stereocenters. The average Bonchev–Trinajstić information content (AvgIpc) is 3.49. The molecule has 0 bridgehead atoms. The van der Waals surface area contributed by atoms with Crippen LogP contribution in [0.2, 0.25) is 7.35 Å². The summed E-state index contributed by atoms with van der Waals surface area (Å²) >= 11 is -3.39. The molecule has 1 aliphatic heterocycles. The Morgan fingerprint density at radius 3 is 1.22 bits per heavy atom. The number of fused-ring (bicyclic) bond motifs is 3. The van der Waals surface area contributed by atoms with Gasteiger partial charge in [0, 0.05) is 0 Å². The molecule has 288 valence electrons. The van der Waals surface area contributed by atoms with Gasteiger partial charge in [0.1, 0.15) is 0 Å². The van der Waals surface area contributed by atoms with Gasteiger partial charge in [0.05, 0.1) is 0 Å². The monoisotopic (exact) mass is 940 g/mol. The van der Waals surface area contributed by atoms with Gasteiger partial charge in [0.15, 0.2) is 0 Å². The first-order valence-electron chi connectivity index (χ1n) is 21.2. The Morgan fingerprint density at radius 1 is 0.455 bits per heavy atom. The minimum absolute atomic E-state index is 0. The van der Waals surface area contributed by atoms with Crippen LogP contribution in [0.3, 0.4) is 0 Å². The fourth-order valence-corrected chi connectivity index (χ4v) is 48.4. The van der Waals surface area contributed by atoms with Crippen molar-refractivity contribution < 1.29 is 29.4 Å². The molecule has 0 amide bonds. The molecule has 5 aliphatic carbocycles. The molecule has 5 heteroatoms. The Kier molecular flexibility index (Phi) is 11.7. The third-order valence-electron chi connectivity index (χ3n) is 15.1. The van der Waals surface area contributed by atoms with Gasteiger partial charge in [0.25, 0.3) is 0 Å². The van der Waals surface area contributed by atoms with Crippen molar-refractivity contribution in [1.82, 2.24) is 0 Å². The Bertz CT molecular complexity index is 1910. The van der Waals surface area contributed by atoms with E-state index in [4.69, 9.17) is 9.47 Å². The smallest absolute Gasteiger partial charge is 0.147 e. The molecule has 4 aromatic carbocycles. The van der Waals surface area contributed by atoms with Gasteiger partial charge in [0.2, 0.25) is 0 Å². The zero-order valence-electron chi connectivity index (χ0n) is 32.7. The van der Waals surface area contributed by atoms with Crippen molar-refractivity contribution in [1.29, 1.82) is 0 Å². The Balaban J connectivity index is 0.00000214. The summed E-state index contributed by atoms with van der Waals surface area (Å²) < 4.78 is 14.6. The average molecular weight is 940 g/mol. The van der Waals surface area contributed by atoms with Crippen molar-refractivity contribution >= 4 is 37.0 Å². The van der Waals surface area contributed by atoms with Crippen LogP contribution in [-0.2, 0) is 20.0 Å². The van der Waals surface area contributed by atoms with Crippen LogP contribution >= 0.6 is 24.8 Å². The maximum absolute atomic E-state index is 5.60. The molecule has 1 saturated heterocycles. The number of allylic oxidation sites excluding steroid dienone is 2. The predicted molar refractivity (Wildman–Crippen MR) is 232 cm³/mol. The largest absolute Gasteiger partial charge is 0.147 e. The molecule has 4 aromatic rings. The summed E-state index contributed by atoms with van der Waals surface area (Å²) in [6, 6.07) is 32.7. The number of rotatable bonds is 8. The zero-order valence-corrected chi connectivity index (χ0v) is 38.0. The van der Waals surface area contributed by atoms with Crippen molar-refractivity contribution in [2.75, 3.05) is 14.2 Å². The van der Waals surface area contributed by atoms with Crippen LogP contribution in [0.4, 0.5) is 0 Å². The van der Waals surface area contributed by atoms with Crippen LogP contribution < -0.4 is 9.47 Å². The van der Waals surface area contributed by atoms with Crippen LogP contribution in [0, 0.1) is 11.8 Å². The minimum atomic E-state index is -3.39. The van der Waals surface area contributed by atoms with E-state index in [1.165, 1.54) is 112 Å². The van der Waals surface area contributed by atoms with E-state index >= 15 is 0 Å².